The average Bonchev–Trinajstić information content (AvgIpc) is 3.20. The summed E-state index contributed by atoms with van der Waals surface area (Å²) in [6.07, 6.45) is 1.51. The van der Waals surface area contributed by atoms with Gasteiger partial charge in [0.1, 0.15) is 5.82 Å². The fraction of sp³-hybridized carbons (Fsp3) is 0.125. The van der Waals surface area contributed by atoms with Crippen LogP contribution in [0.3, 0.4) is 0 Å². The summed E-state index contributed by atoms with van der Waals surface area (Å²) in [5.41, 5.74) is 3.97. The van der Waals surface area contributed by atoms with Crippen LogP contribution in [0.15, 0.2) is 84.9 Å². The molecule has 144 valence electrons. The summed E-state index contributed by atoms with van der Waals surface area (Å²) in [7, 11) is 0. The van der Waals surface area contributed by atoms with Crippen LogP contribution in [0.2, 0.25) is 0 Å². The van der Waals surface area contributed by atoms with Gasteiger partial charge in [0.05, 0.1) is 5.69 Å². The van der Waals surface area contributed by atoms with Crippen molar-refractivity contribution in [1.29, 1.82) is 0 Å². The lowest BCUT2D eigenvalue weighted by Crippen LogP contribution is -2.14. The summed E-state index contributed by atoms with van der Waals surface area (Å²) < 4.78 is 1.76. The highest BCUT2D eigenvalue weighted by Crippen LogP contribution is 2.14. The normalized spacial score (nSPS) is 10.7. The van der Waals surface area contributed by atoms with Gasteiger partial charge in [0.2, 0.25) is 5.82 Å². The number of rotatable bonds is 6. The van der Waals surface area contributed by atoms with E-state index in [0.717, 1.165) is 29.2 Å². The molecule has 29 heavy (non-hydrogen) atoms. The lowest BCUT2D eigenvalue weighted by Gasteiger charge is -2.05. The second kappa shape index (κ2) is 8.52. The summed E-state index contributed by atoms with van der Waals surface area (Å²) in [5.74, 6) is 0.607. The van der Waals surface area contributed by atoms with Gasteiger partial charge in [-0.15, -0.1) is 5.10 Å². The molecule has 0 spiro atoms. The monoisotopic (exact) mass is 382 g/mol. The Kier molecular flexibility index (Phi) is 5.47. The van der Waals surface area contributed by atoms with E-state index in [2.05, 4.69) is 27.5 Å². The van der Waals surface area contributed by atoms with Crippen molar-refractivity contribution in [3.63, 3.8) is 0 Å². The fourth-order valence-electron chi connectivity index (χ4n) is 3.10. The molecule has 0 atom stereocenters. The third-order valence-corrected chi connectivity index (χ3v) is 4.67. The van der Waals surface area contributed by atoms with Crippen molar-refractivity contribution in [1.82, 2.24) is 14.8 Å². The first-order valence-electron chi connectivity index (χ1n) is 9.62. The molecule has 0 saturated heterocycles. The number of benzene rings is 3. The quantitative estimate of drug-likeness (QED) is 0.530. The van der Waals surface area contributed by atoms with Gasteiger partial charge in [-0.05, 0) is 43.2 Å². The Morgan fingerprint density at radius 1 is 0.862 bits per heavy atom. The number of para-hydroxylation sites is 1. The Labute approximate surface area is 170 Å². The van der Waals surface area contributed by atoms with Gasteiger partial charge in [-0.2, -0.15) is 0 Å². The number of amides is 1. The molecule has 4 aromatic rings. The Morgan fingerprint density at radius 2 is 1.52 bits per heavy atom. The molecule has 0 radical (unpaired) electrons. The van der Waals surface area contributed by atoms with Crippen LogP contribution in [0.1, 0.15) is 27.6 Å². The van der Waals surface area contributed by atoms with Gasteiger partial charge < -0.3 is 5.32 Å². The van der Waals surface area contributed by atoms with Crippen molar-refractivity contribution in [3.8, 4) is 5.69 Å². The number of carbonyl (C=O) groups excluding carboxylic acids is 1. The number of nitrogens with zero attached hydrogens (tertiary/aromatic N) is 3. The molecule has 3 aromatic carbocycles. The van der Waals surface area contributed by atoms with Gasteiger partial charge in [-0.25, -0.2) is 9.67 Å². The fourth-order valence-corrected chi connectivity index (χ4v) is 3.10. The third kappa shape index (κ3) is 4.58. The van der Waals surface area contributed by atoms with E-state index >= 15 is 0 Å². The van der Waals surface area contributed by atoms with Crippen LogP contribution in [-0.2, 0) is 12.8 Å². The number of hydrogen-bond donors (Lipinski definition) is 1. The molecule has 1 heterocycles. The first-order valence-corrected chi connectivity index (χ1v) is 9.62. The van der Waals surface area contributed by atoms with Gasteiger partial charge in [-0.3, -0.25) is 4.79 Å². The second-order valence-electron chi connectivity index (χ2n) is 6.90. The zero-order chi connectivity index (χ0) is 20.1. The van der Waals surface area contributed by atoms with Crippen LogP contribution in [0.25, 0.3) is 5.69 Å². The van der Waals surface area contributed by atoms with Crippen LogP contribution in [-0.4, -0.2) is 20.7 Å². The van der Waals surface area contributed by atoms with Crippen molar-refractivity contribution >= 4 is 11.6 Å². The highest BCUT2D eigenvalue weighted by Gasteiger charge is 2.17. The topological polar surface area (TPSA) is 59.8 Å². The van der Waals surface area contributed by atoms with E-state index < -0.39 is 0 Å². The lowest BCUT2D eigenvalue weighted by molar-refractivity contribution is 0.101. The Bertz CT molecular complexity index is 1090. The molecule has 0 saturated carbocycles. The summed E-state index contributed by atoms with van der Waals surface area (Å²) in [6.45, 7) is 2.01. The molecular formula is C24H22N4O. The number of nitrogens with one attached hydrogen (secondary N) is 1. The number of anilines is 1. The molecule has 0 fully saturated rings. The van der Waals surface area contributed by atoms with Crippen molar-refractivity contribution in [3.05, 3.63) is 108 Å². The summed E-state index contributed by atoms with van der Waals surface area (Å²) in [5, 5.41) is 7.37. The van der Waals surface area contributed by atoms with Gasteiger partial charge >= 0.3 is 0 Å². The maximum absolute atomic E-state index is 12.7. The molecule has 4 rings (SSSR count). The molecule has 0 unspecified atom stereocenters. The lowest BCUT2D eigenvalue weighted by atomic mass is 10.1. The van der Waals surface area contributed by atoms with Crippen LogP contribution in [0, 0.1) is 6.92 Å². The molecule has 1 amide bonds. The summed E-state index contributed by atoms with van der Waals surface area (Å²) in [4.78, 5) is 17.3. The first-order chi connectivity index (χ1) is 14.2. The van der Waals surface area contributed by atoms with Crippen molar-refractivity contribution in [2.24, 2.45) is 0 Å². The Hall–Kier alpha value is -3.73. The molecular weight excluding hydrogens is 360 g/mol. The first kappa shape index (κ1) is 18.6. The van der Waals surface area contributed by atoms with Crippen LogP contribution < -0.4 is 5.32 Å². The highest BCUT2D eigenvalue weighted by atomic mass is 16.2. The van der Waals surface area contributed by atoms with Crippen LogP contribution in [0.5, 0.6) is 0 Å². The maximum Gasteiger partial charge on any atom is 0.295 e. The van der Waals surface area contributed by atoms with E-state index in [-0.39, 0.29) is 11.7 Å². The maximum atomic E-state index is 12.7. The average molecular weight is 382 g/mol. The molecule has 0 aliphatic heterocycles. The van der Waals surface area contributed by atoms with Gasteiger partial charge in [0.15, 0.2) is 0 Å². The molecule has 0 aliphatic carbocycles. The van der Waals surface area contributed by atoms with E-state index in [1.165, 1.54) is 5.56 Å². The van der Waals surface area contributed by atoms with Gasteiger partial charge in [0, 0.05) is 12.1 Å². The predicted octanol–water partition coefficient (Wildman–Crippen LogP) is 4.61. The Morgan fingerprint density at radius 3 is 2.21 bits per heavy atom. The minimum absolute atomic E-state index is 0.164. The van der Waals surface area contributed by atoms with E-state index in [0.29, 0.717) is 6.42 Å². The Balaban J connectivity index is 1.60. The predicted molar refractivity (Wildman–Crippen MR) is 114 cm³/mol. The highest BCUT2D eigenvalue weighted by molar-refractivity contribution is 6.01. The molecule has 1 aromatic heterocycles. The number of aryl methyl sites for hydroxylation is 3. The molecule has 0 bridgehead atoms. The van der Waals surface area contributed by atoms with E-state index in [1.807, 2.05) is 79.7 Å². The zero-order valence-corrected chi connectivity index (χ0v) is 16.2. The standard InChI is InChI=1S/C24H22N4O/c1-18-12-15-20(16-13-18)25-24(29)23-26-22(17-14-19-8-4-2-5-9-19)28(27-23)21-10-6-3-7-11-21/h2-13,15-16H,14,17H2,1H3,(H,25,29). The smallest absolute Gasteiger partial charge is 0.295 e. The van der Waals surface area contributed by atoms with E-state index in [9.17, 15) is 4.79 Å². The molecule has 5 heteroatoms. The molecule has 5 nitrogen and oxygen atoms in total. The number of hydrogen-bond acceptors (Lipinski definition) is 3. The minimum Gasteiger partial charge on any atom is -0.319 e. The molecule has 0 aliphatic rings. The van der Waals surface area contributed by atoms with Crippen molar-refractivity contribution < 1.29 is 4.79 Å². The van der Waals surface area contributed by atoms with Crippen molar-refractivity contribution in [2.45, 2.75) is 19.8 Å². The van der Waals surface area contributed by atoms with E-state index in [4.69, 9.17) is 0 Å². The van der Waals surface area contributed by atoms with Gasteiger partial charge in [-0.1, -0.05) is 66.2 Å². The van der Waals surface area contributed by atoms with Crippen LogP contribution in [0.4, 0.5) is 5.69 Å². The van der Waals surface area contributed by atoms with Crippen LogP contribution >= 0.6 is 0 Å². The largest absolute Gasteiger partial charge is 0.319 e. The second-order valence-corrected chi connectivity index (χ2v) is 6.90. The summed E-state index contributed by atoms with van der Waals surface area (Å²) in [6, 6.07) is 27.7. The number of carbonyl (C=O) groups is 1. The van der Waals surface area contributed by atoms with Crippen molar-refractivity contribution in [2.75, 3.05) is 5.32 Å². The minimum atomic E-state index is -0.315. The number of aromatic nitrogens is 3. The summed E-state index contributed by atoms with van der Waals surface area (Å²) >= 11 is 0. The third-order valence-electron chi connectivity index (χ3n) is 4.67. The van der Waals surface area contributed by atoms with E-state index in [1.54, 1.807) is 4.68 Å². The van der Waals surface area contributed by atoms with Gasteiger partial charge in [0.25, 0.3) is 5.91 Å². The zero-order valence-electron chi connectivity index (χ0n) is 16.2. The SMILES string of the molecule is Cc1ccc(NC(=O)c2nc(CCc3ccccc3)n(-c3ccccc3)n2)cc1. The molecule has 1 N–H and O–H groups in total.